The van der Waals surface area contributed by atoms with E-state index in [1.807, 2.05) is 24.3 Å². The lowest BCUT2D eigenvalue weighted by Crippen LogP contribution is -2.41. The van der Waals surface area contributed by atoms with E-state index in [-0.39, 0.29) is 5.69 Å². The van der Waals surface area contributed by atoms with Gasteiger partial charge in [-0.1, -0.05) is 70.4 Å². The molecule has 0 aliphatic rings. The molecule has 2 aromatic rings. The van der Waals surface area contributed by atoms with Crippen LogP contribution in [0.3, 0.4) is 0 Å². The number of ether oxygens (including phenoxy) is 1. The van der Waals surface area contributed by atoms with Crippen LogP contribution >= 0.6 is 0 Å². The van der Waals surface area contributed by atoms with E-state index < -0.39 is 4.92 Å². The van der Waals surface area contributed by atoms with Crippen molar-refractivity contribution in [2.24, 2.45) is 0 Å². The van der Waals surface area contributed by atoms with Crippen molar-refractivity contribution in [2.75, 3.05) is 33.8 Å². The molecule has 0 fully saturated rings. The predicted octanol–water partition coefficient (Wildman–Crippen LogP) is 8.82. The van der Waals surface area contributed by atoms with Gasteiger partial charge in [-0.2, -0.15) is 5.26 Å². The molecule has 0 spiro atoms. The van der Waals surface area contributed by atoms with Gasteiger partial charge >= 0.3 is 0 Å². The van der Waals surface area contributed by atoms with E-state index in [4.69, 9.17) is 4.74 Å². The average Bonchev–Trinajstić information content (AvgIpc) is 2.93. The lowest BCUT2D eigenvalue weighted by molar-refractivity contribution is -0.890. The predicted molar refractivity (Wildman–Crippen MR) is 161 cm³/mol. The van der Waals surface area contributed by atoms with Crippen molar-refractivity contribution in [1.82, 2.24) is 0 Å². The minimum atomic E-state index is -0.447. The summed E-state index contributed by atoms with van der Waals surface area (Å²) in [5, 5.41) is 20.4. The van der Waals surface area contributed by atoms with Crippen molar-refractivity contribution in [1.29, 1.82) is 5.26 Å². The fourth-order valence-corrected chi connectivity index (χ4v) is 4.74. The van der Waals surface area contributed by atoms with Gasteiger partial charge in [-0.05, 0) is 67.2 Å². The Labute approximate surface area is 236 Å². The first-order valence-corrected chi connectivity index (χ1v) is 14.8. The van der Waals surface area contributed by atoms with Crippen molar-refractivity contribution in [3.63, 3.8) is 0 Å². The topological polar surface area (TPSA) is 76.2 Å². The monoisotopic (exact) mass is 534 g/mol. The summed E-state index contributed by atoms with van der Waals surface area (Å²) in [4.78, 5) is 10.4. The largest absolute Gasteiger partial charge is 0.494 e. The van der Waals surface area contributed by atoms with E-state index in [9.17, 15) is 15.4 Å². The number of non-ortho nitro benzene ring substituents is 1. The lowest BCUT2D eigenvalue weighted by atomic mass is 10.0. The summed E-state index contributed by atoms with van der Waals surface area (Å²) in [7, 11) is 4.68. The summed E-state index contributed by atoms with van der Waals surface area (Å²) >= 11 is 0. The third kappa shape index (κ3) is 13.5. The van der Waals surface area contributed by atoms with Gasteiger partial charge in [0.15, 0.2) is 0 Å². The summed E-state index contributed by atoms with van der Waals surface area (Å²) in [5.74, 6) is 0.820. The van der Waals surface area contributed by atoms with Crippen LogP contribution in [0.15, 0.2) is 48.5 Å². The number of benzene rings is 2. The first kappa shape index (κ1) is 32.0. The molecule has 0 aromatic heterocycles. The molecule has 0 unspecified atom stereocenters. The fraction of sp³-hybridized carbons (Fsp3) is 0.545. The van der Waals surface area contributed by atoms with Crippen LogP contribution in [0, 0.1) is 21.4 Å². The molecule has 39 heavy (non-hydrogen) atoms. The van der Waals surface area contributed by atoms with E-state index in [1.54, 1.807) is 18.2 Å². The zero-order chi connectivity index (χ0) is 28.3. The van der Waals surface area contributed by atoms with Gasteiger partial charge in [0.05, 0.1) is 50.4 Å². The molecular weight excluding hydrogens is 486 g/mol. The molecule has 0 aliphatic heterocycles. The number of hydrogen-bond donors (Lipinski definition) is 0. The number of nitro benzene ring substituents is 1. The Morgan fingerprint density at radius 1 is 0.846 bits per heavy atom. The van der Waals surface area contributed by atoms with Crippen molar-refractivity contribution in [3.05, 3.63) is 69.8 Å². The van der Waals surface area contributed by atoms with Crippen LogP contribution in [0.25, 0.3) is 11.6 Å². The molecule has 2 rings (SSSR count). The van der Waals surface area contributed by atoms with Crippen LogP contribution in [0.2, 0.25) is 0 Å². The molecule has 0 N–H and O–H groups in total. The maximum absolute atomic E-state index is 10.8. The standard InChI is InChI=1S/C33H48N3O3/c1-4-5-6-7-8-9-10-11-12-13-24-36(2,3)25-14-15-26-39-33-22-16-29(17-23-33)27-31(28-34)30-18-20-32(21-19-30)35(37)38/h16-23,27H,4-15,24-26H2,1-3H3/q+1/b31-27+. The van der Waals surface area contributed by atoms with Gasteiger partial charge in [-0.25, -0.2) is 0 Å². The smallest absolute Gasteiger partial charge is 0.269 e. The highest BCUT2D eigenvalue weighted by Crippen LogP contribution is 2.22. The van der Waals surface area contributed by atoms with Crippen LogP contribution < -0.4 is 4.74 Å². The normalized spacial score (nSPS) is 11.8. The number of unbranched alkanes of at least 4 members (excludes halogenated alkanes) is 10. The number of nitro groups is 1. The van der Waals surface area contributed by atoms with Crippen molar-refractivity contribution >= 4 is 17.3 Å². The van der Waals surface area contributed by atoms with Crippen LogP contribution in [-0.4, -0.2) is 43.2 Å². The summed E-state index contributed by atoms with van der Waals surface area (Å²) in [6.07, 6.45) is 17.8. The van der Waals surface area contributed by atoms with Gasteiger partial charge in [0.25, 0.3) is 5.69 Å². The average molecular weight is 535 g/mol. The Morgan fingerprint density at radius 2 is 1.38 bits per heavy atom. The van der Waals surface area contributed by atoms with E-state index >= 15 is 0 Å². The zero-order valence-corrected chi connectivity index (χ0v) is 24.4. The Hall–Kier alpha value is -3.17. The molecule has 0 bridgehead atoms. The molecule has 0 heterocycles. The zero-order valence-electron chi connectivity index (χ0n) is 24.4. The van der Waals surface area contributed by atoms with E-state index in [0.29, 0.717) is 17.7 Å². The molecule has 6 heteroatoms. The molecule has 0 aliphatic carbocycles. The van der Waals surface area contributed by atoms with E-state index in [1.165, 1.54) is 89.4 Å². The molecule has 0 amide bonds. The van der Waals surface area contributed by atoms with Gasteiger partial charge in [0.1, 0.15) is 5.75 Å². The molecule has 6 nitrogen and oxygen atoms in total. The maximum atomic E-state index is 10.8. The second kappa shape index (κ2) is 18.2. The van der Waals surface area contributed by atoms with Crippen LogP contribution in [0.1, 0.15) is 95.1 Å². The first-order chi connectivity index (χ1) is 18.8. The van der Waals surface area contributed by atoms with Gasteiger partial charge in [-0.15, -0.1) is 0 Å². The molecule has 0 atom stereocenters. The summed E-state index contributed by atoms with van der Waals surface area (Å²) in [6.45, 7) is 5.39. The number of quaternary nitrogens is 1. The van der Waals surface area contributed by atoms with Crippen LogP contribution in [0.4, 0.5) is 5.69 Å². The minimum absolute atomic E-state index is 0.00846. The van der Waals surface area contributed by atoms with Crippen molar-refractivity contribution in [3.8, 4) is 11.8 Å². The number of allylic oxidation sites excluding steroid dienone is 1. The van der Waals surface area contributed by atoms with E-state index in [0.717, 1.165) is 28.6 Å². The molecule has 0 saturated carbocycles. The fourth-order valence-electron chi connectivity index (χ4n) is 4.74. The molecule has 2 aromatic carbocycles. The SMILES string of the molecule is CCCCCCCCCCCC[N+](C)(C)CCCCOc1ccc(/C=C(\C#N)c2ccc([N+](=O)[O-])cc2)cc1. The third-order valence-electron chi connectivity index (χ3n) is 7.24. The second-order valence-corrected chi connectivity index (χ2v) is 11.2. The highest BCUT2D eigenvalue weighted by atomic mass is 16.6. The van der Waals surface area contributed by atoms with E-state index in [2.05, 4.69) is 27.1 Å². The summed E-state index contributed by atoms with van der Waals surface area (Å²) in [5.41, 5.74) is 1.99. The lowest BCUT2D eigenvalue weighted by Gasteiger charge is -2.30. The van der Waals surface area contributed by atoms with Gasteiger partial charge < -0.3 is 9.22 Å². The van der Waals surface area contributed by atoms with Gasteiger partial charge in [0.2, 0.25) is 0 Å². The van der Waals surface area contributed by atoms with Crippen molar-refractivity contribution < 1.29 is 14.1 Å². The van der Waals surface area contributed by atoms with Crippen LogP contribution in [0.5, 0.6) is 5.75 Å². The molecule has 0 saturated heterocycles. The third-order valence-corrected chi connectivity index (χ3v) is 7.24. The second-order valence-electron chi connectivity index (χ2n) is 11.2. The summed E-state index contributed by atoms with van der Waals surface area (Å²) in [6, 6.07) is 15.9. The molecule has 0 radical (unpaired) electrons. The first-order valence-electron chi connectivity index (χ1n) is 14.8. The molecule has 212 valence electrons. The Kier molecular flexibility index (Phi) is 14.9. The van der Waals surface area contributed by atoms with Crippen molar-refractivity contribution in [2.45, 2.75) is 84.0 Å². The van der Waals surface area contributed by atoms with Crippen LogP contribution in [-0.2, 0) is 0 Å². The minimum Gasteiger partial charge on any atom is -0.494 e. The Balaban J connectivity index is 1.62. The highest BCUT2D eigenvalue weighted by Gasteiger charge is 2.13. The number of hydrogen-bond acceptors (Lipinski definition) is 4. The number of nitriles is 1. The van der Waals surface area contributed by atoms with Gasteiger partial charge in [-0.3, -0.25) is 10.1 Å². The maximum Gasteiger partial charge on any atom is 0.269 e. The quantitative estimate of drug-likeness (QED) is 0.0425. The molecular formula is C33H48N3O3+. The Bertz CT molecular complexity index is 1040. The number of rotatable bonds is 20. The summed E-state index contributed by atoms with van der Waals surface area (Å²) < 4.78 is 7.02. The Morgan fingerprint density at radius 3 is 1.92 bits per heavy atom. The highest BCUT2D eigenvalue weighted by molar-refractivity contribution is 5.89. The number of nitrogens with zero attached hydrogens (tertiary/aromatic N) is 3. The van der Waals surface area contributed by atoms with Gasteiger partial charge in [0, 0.05) is 12.1 Å².